The van der Waals surface area contributed by atoms with Crippen LogP contribution in [0.2, 0.25) is 0 Å². The molecule has 1 saturated heterocycles. The van der Waals surface area contributed by atoms with Gasteiger partial charge >= 0.3 is 0 Å². The predicted octanol–water partition coefficient (Wildman–Crippen LogP) is 4.02. The van der Waals surface area contributed by atoms with Crippen molar-refractivity contribution in [3.8, 4) is 0 Å². The Balaban J connectivity index is 2.12. The Bertz CT molecular complexity index is 784. The Morgan fingerprint density at radius 1 is 1.04 bits per heavy atom. The summed E-state index contributed by atoms with van der Waals surface area (Å²) in [6.07, 6.45) is 1.17. The molecular formula is C23H32N2O2. The van der Waals surface area contributed by atoms with Crippen molar-refractivity contribution >= 4 is 17.4 Å². The van der Waals surface area contributed by atoms with Crippen LogP contribution in [-0.2, 0) is 9.59 Å². The number of likely N-dealkylation sites (tertiary alicyclic amines) is 1. The maximum Gasteiger partial charge on any atom is 0.277 e. The fourth-order valence-corrected chi connectivity index (χ4v) is 4.57. The molecule has 0 radical (unpaired) electrons. The number of hydrogen-bond donors (Lipinski definition) is 0. The zero-order chi connectivity index (χ0) is 19.9. The topological polar surface area (TPSA) is 40.6 Å². The SMILES string of the molecule is Cc1ccc(C2=C(N3CC(C)CC(C)C3)C(=O)N(CC(C)C)C2=O)c(C)c1. The second-order valence-electron chi connectivity index (χ2n) is 9.01. The monoisotopic (exact) mass is 368 g/mol. The third-order valence-corrected chi connectivity index (χ3v) is 5.53. The molecule has 2 amide bonds. The number of carbonyl (C=O) groups excluding carboxylic acids is 2. The van der Waals surface area contributed by atoms with E-state index in [9.17, 15) is 9.59 Å². The van der Waals surface area contributed by atoms with E-state index in [1.807, 2.05) is 39.8 Å². The zero-order valence-electron chi connectivity index (χ0n) is 17.5. The Morgan fingerprint density at radius 2 is 1.67 bits per heavy atom. The smallest absolute Gasteiger partial charge is 0.277 e. The first-order valence-corrected chi connectivity index (χ1v) is 10.1. The molecular weight excluding hydrogens is 336 g/mol. The minimum absolute atomic E-state index is 0.120. The van der Waals surface area contributed by atoms with E-state index in [0.717, 1.165) is 29.8 Å². The molecule has 2 unspecified atom stereocenters. The van der Waals surface area contributed by atoms with Gasteiger partial charge < -0.3 is 4.90 Å². The summed E-state index contributed by atoms with van der Waals surface area (Å²) in [5, 5.41) is 0. The molecule has 4 heteroatoms. The van der Waals surface area contributed by atoms with Crippen LogP contribution in [-0.4, -0.2) is 41.2 Å². The molecule has 146 valence electrons. The molecule has 2 heterocycles. The van der Waals surface area contributed by atoms with Crippen molar-refractivity contribution in [3.05, 3.63) is 40.6 Å². The van der Waals surface area contributed by atoms with Gasteiger partial charge in [-0.15, -0.1) is 0 Å². The molecule has 27 heavy (non-hydrogen) atoms. The van der Waals surface area contributed by atoms with Crippen LogP contribution >= 0.6 is 0 Å². The molecule has 0 aliphatic carbocycles. The number of hydrogen-bond acceptors (Lipinski definition) is 3. The number of carbonyl (C=O) groups is 2. The van der Waals surface area contributed by atoms with Gasteiger partial charge in [0, 0.05) is 19.6 Å². The molecule has 4 nitrogen and oxygen atoms in total. The fraction of sp³-hybridized carbons (Fsp3) is 0.565. The summed E-state index contributed by atoms with van der Waals surface area (Å²) in [6, 6.07) is 6.11. The lowest BCUT2D eigenvalue weighted by Gasteiger charge is -2.37. The van der Waals surface area contributed by atoms with Crippen LogP contribution in [0.1, 0.15) is 50.8 Å². The molecule has 1 aromatic rings. The molecule has 0 saturated carbocycles. The number of nitrogens with zero attached hydrogens (tertiary/aromatic N) is 2. The van der Waals surface area contributed by atoms with Gasteiger partial charge in [-0.05, 0) is 49.1 Å². The van der Waals surface area contributed by atoms with E-state index in [1.165, 1.54) is 11.3 Å². The molecule has 0 bridgehead atoms. The van der Waals surface area contributed by atoms with Crippen LogP contribution < -0.4 is 0 Å². The van der Waals surface area contributed by atoms with Crippen molar-refractivity contribution in [2.75, 3.05) is 19.6 Å². The number of aryl methyl sites for hydroxylation is 2. The van der Waals surface area contributed by atoms with Crippen LogP contribution in [0.25, 0.3) is 5.57 Å². The Morgan fingerprint density at radius 3 is 2.22 bits per heavy atom. The van der Waals surface area contributed by atoms with Crippen molar-refractivity contribution in [1.82, 2.24) is 9.80 Å². The zero-order valence-corrected chi connectivity index (χ0v) is 17.5. The van der Waals surface area contributed by atoms with Gasteiger partial charge in [-0.3, -0.25) is 14.5 Å². The van der Waals surface area contributed by atoms with Gasteiger partial charge in [0.15, 0.2) is 0 Å². The van der Waals surface area contributed by atoms with Crippen LogP contribution in [0.15, 0.2) is 23.9 Å². The highest BCUT2D eigenvalue weighted by Gasteiger charge is 2.43. The summed E-state index contributed by atoms with van der Waals surface area (Å²) < 4.78 is 0. The van der Waals surface area contributed by atoms with Crippen molar-refractivity contribution in [1.29, 1.82) is 0 Å². The summed E-state index contributed by atoms with van der Waals surface area (Å²) in [7, 11) is 0. The average molecular weight is 369 g/mol. The Hall–Kier alpha value is -2.10. The van der Waals surface area contributed by atoms with Gasteiger partial charge in [-0.25, -0.2) is 0 Å². The molecule has 0 aromatic heterocycles. The Labute approximate surface area is 163 Å². The second-order valence-corrected chi connectivity index (χ2v) is 9.01. The minimum Gasteiger partial charge on any atom is -0.366 e. The van der Waals surface area contributed by atoms with Crippen LogP contribution in [0, 0.1) is 31.6 Å². The van der Waals surface area contributed by atoms with Crippen molar-refractivity contribution in [2.24, 2.45) is 17.8 Å². The summed E-state index contributed by atoms with van der Waals surface area (Å²) in [4.78, 5) is 30.3. The second kappa shape index (κ2) is 7.49. The highest BCUT2D eigenvalue weighted by molar-refractivity contribution is 6.35. The number of benzene rings is 1. The van der Waals surface area contributed by atoms with Gasteiger partial charge in [-0.1, -0.05) is 51.5 Å². The fourth-order valence-electron chi connectivity index (χ4n) is 4.57. The molecule has 0 N–H and O–H groups in total. The first-order chi connectivity index (χ1) is 12.7. The summed E-state index contributed by atoms with van der Waals surface area (Å²) in [5.74, 6) is 1.02. The highest BCUT2D eigenvalue weighted by Crippen LogP contribution is 2.36. The lowest BCUT2D eigenvalue weighted by Crippen LogP contribution is -2.42. The third kappa shape index (κ3) is 3.80. The number of rotatable bonds is 4. The quantitative estimate of drug-likeness (QED) is 0.754. The number of piperidine rings is 1. The lowest BCUT2D eigenvalue weighted by atomic mass is 9.90. The molecule has 1 aromatic carbocycles. The minimum atomic E-state index is -0.137. The number of imide groups is 1. The highest BCUT2D eigenvalue weighted by atomic mass is 16.2. The molecule has 3 rings (SSSR count). The van der Waals surface area contributed by atoms with E-state index in [1.54, 1.807) is 0 Å². The van der Waals surface area contributed by atoms with Gasteiger partial charge in [0.05, 0.1) is 5.57 Å². The third-order valence-electron chi connectivity index (χ3n) is 5.53. The normalized spacial score (nSPS) is 23.8. The average Bonchev–Trinajstić information content (AvgIpc) is 2.78. The maximum atomic E-state index is 13.3. The van der Waals surface area contributed by atoms with Crippen molar-refractivity contribution in [3.63, 3.8) is 0 Å². The summed E-state index contributed by atoms with van der Waals surface area (Å²) >= 11 is 0. The van der Waals surface area contributed by atoms with E-state index >= 15 is 0 Å². The van der Waals surface area contributed by atoms with Crippen molar-refractivity contribution < 1.29 is 9.59 Å². The van der Waals surface area contributed by atoms with E-state index in [4.69, 9.17) is 0 Å². The van der Waals surface area contributed by atoms with Crippen LogP contribution in [0.5, 0.6) is 0 Å². The van der Waals surface area contributed by atoms with Crippen LogP contribution in [0.3, 0.4) is 0 Å². The summed E-state index contributed by atoms with van der Waals surface area (Å²) in [6.45, 7) is 14.8. The Kier molecular flexibility index (Phi) is 5.45. The van der Waals surface area contributed by atoms with E-state index in [-0.39, 0.29) is 17.7 Å². The molecule has 2 atom stereocenters. The first-order valence-electron chi connectivity index (χ1n) is 10.1. The largest absolute Gasteiger partial charge is 0.366 e. The lowest BCUT2D eigenvalue weighted by molar-refractivity contribution is -0.138. The van der Waals surface area contributed by atoms with Gasteiger partial charge in [0.2, 0.25) is 0 Å². The molecule has 2 aliphatic rings. The predicted molar refractivity (Wildman–Crippen MR) is 109 cm³/mol. The van der Waals surface area contributed by atoms with Gasteiger partial charge in [0.1, 0.15) is 5.70 Å². The van der Waals surface area contributed by atoms with Crippen molar-refractivity contribution in [2.45, 2.75) is 48.0 Å². The van der Waals surface area contributed by atoms with E-state index in [2.05, 4.69) is 24.8 Å². The maximum absolute atomic E-state index is 13.3. The standard InChI is InChI=1S/C23H32N2O2/c1-14(2)11-25-22(26)20(19-8-7-15(3)10-18(19)6)21(23(25)27)24-12-16(4)9-17(5)13-24/h7-8,10,14,16-17H,9,11-13H2,1-6H3. The van der Waals surface area contributed by atoms with E-state index < -0.39 is 0 Å². The molecule has 0 spiro atoms. The van der Waals surface area contributed by atoms with E-state index in [0.29, 0.717) is 29.7 Å². The number of amides is 2. The summed E-state index contributed by atoms with van der Waals surface area (Å²) in [5.41, 5.74) is 4.32. The van der Waals surface area contributed by atoms with Gasteiger partial charge in [0.25, 0.3) is 11.8 Å². The van der Waals surface area contributed by atoms with Gasteiger partial charge in [-0.2, -0.15) is 0 Å². The molecule has 1 fully saturated rings. The first kappa shape index (κ1) is 19.7. The molecule has 2 aliphatic heterocycles. The van der Waals surface area contributed by atoms with Crippen LogP contribution in [0.4, 0.5) is 0 Å².